The quantitative estimate of drug-likeness (QED) is 0.176. The second-order valence-corrected chi connectivity index (χ2v) is 21.0. The molecule has 332 valence electrons. The van der Waals surface area contributed by atoms with E-state index in [1.165, 1.54) is 133 Å². The highest BCUT2D eigenvalue weighted by molar-refractivity contribution is 6.14. The zero-order valence-electron chi connectivity index (χ0n) is 39.7. The molecule has 0 spiro atoms. The molecule has 0 fully saturated rings. The van der Waals surface area contributed by atoms with Crippen LogP contribution in [0.15, 0.2) is 195 Å². The van der Waals surface area contributed by atoms with Gasteiger partial charge in [-0.2, -0.15) is 0 Å². The fourth-order valence-corrected chi connectivity index (χ4v) is 13.1. The maximum atomic E-state index is 4.43. The lowest BCUT2D eigenvalue weighted by molar-refractivity contribution is 0.660. The lowest BCUT2D eigenvalue weighted by Gasteiger charge is -2.21. The van der Waals surface area contributed by atoms with Crippen LogP contribution >= 0.6 is 0 Å². The first-order valence-corrected chi connectivity index (χ1v) is 24.7. The molecule has 4 aromatic heterocycles. The molecule has 0 unspecified atom stereocenters. The fourth-order valence-electron chi connectivity index (χ4n) is 13.1. The Balaban J connectivity index is 0.908. The van der Waals surface area contributed by atoms with Gasteiger partial charge in [0.2, 0.25) is 0 Å². The van der Waals surface area contributed by atoms with Crippen LogP contribution in [0.1, 0.15) is 61.1 Å². The largest absolute Gasteiger partial charge is 0.309 e. The lowest BCUT2D eigenvalue weighted by Crippen LogP contribution is -2.14. The molecule has 0 N–H and O–H groups in total. The molecule has 4 heterocycles. The molecule has 12 aromatic rings. The lowest BCUT2D eigenvalue weighted by atomic mass is 9.82. The highest BCUT2D eigenvalue weighted by Gasteiger charge is 2.36. The topological polar surface area (TPSA) is 35.6 Å². The Hall–Kier alpha value is -8.34. The molecule has 3 aliphatic carbocycles. The summed E-state index contributed by atoms with van der Waals surface area (Å²) in [6.45, 7) is 9.41. The van der Waals surface area contributed by atoms with Crippen LogP contribution in [0.25, 0.3) is 111 Å². The van der Waals surface area contributed by atoms with Gasteiger partial charge < -0.3 is 9.13 Å². The molecule has 70 heavy (non-hydrogen) atoms. The van der Waals surface area contributed by atoms with Crippen LogP contribution in [-0.2, 0) is 23.7 Å². The van der Waals surface area contributed by atoms with Crippen molar-refractivity contribution in [2.45, 2.75) is 51.4 Å². The van der Waals surface area contributed by atoms with Crippen molar-refractivity contribution in [2.75, 3.05) is 0 Å². The summed E-state index contributed by atoms with van der Waals surface area (Å²) in [4.78, 5) is 8.87. The zero-order valence-corrected chi connectivity index (χ0v) is 39.7. The molecule has 4 heteroatoms. The van der Waals surface area contributed by atoms with E-state index in [1.807, 2.05) is 24.8 Å². The number of hydrogen-bond donors (Lipinski definition) is 0. The van der Waals surface area contributed by atoms with Crippen LogP contribution in [-0.4, -0.2) is 19.1 Å². The van der Waals surface area contributed by atoms with Crippen molar-refractivity contribution in [2.24, 2.45) is 0 Å². The third kappa shape index (κ3) is 5.42. The Morgan fingerprint density at radius 1 is 0.329 bits per heavy atom. The first kappa shape index (κ1) is 39.6. The monoisotopic (exact) mass is 896 g/mol. The van der Waals surface area contributed by atoms with Crippen molar-refractivity contribution >= 4 is 43.6 Å². The number of hydrogen-bond acceptors (Lipinski definition) is 2. The van der Waals surface area contributed by atoms with Gasteiger partial charge in [0, 0.05) is 68.5 Å². The molecule has 0 amide bonds. The van der Waals surface area contributed by atoms with Crippen molar-refractivity contribution in [3.05, 3.63) is 228 Å². The molecule has 0 aliphatic heterocycles. The average Bonchev–Trinajstić information content (AvgIpc) is 4.05. The van der Waals surface area contributed by atoms with E-state index in [0.29, 0.717) is 0 Å². The van der Waals surface area contributed by atoms with Gasteiger partial charge in [0.1, 0.15) is 0 Å². The standard InChI is InChI=1S/C66H48N4/c1-65(2)57-11-7-5-9-47(57)51-31-39(15-19-59(51)65)41-17-21-61-53(33-41)55-35-43-13-14-44-36-56-54-34-42(40-16-20-60-52(32-40)48-10-6-8-12-58(48)66(60,3)4)18-22-62(54)70(46-25-29-68-30-26-46)64(56)38-50(44)49(43)37-63(55)69(61)45-23-27-67-28-24-45/h5-12,15-38H,13-14H2,1-4H3. The van der Waals surface area contributed by atoms with E-state index in [9.17, 15) is 0 Å². The summed E-state index contributed by atoms with van der Waals surface area (Å²) in [6, 6.07) is 64.7. The SMILES string of the molecule is CC1(C)c2ccccc2-c2cc(-c3ccc4c(c3)c3cc5c(cc3n4-c3ccncc3)-c3cc4c(cc3CC5)c3cc(-c5ccc6c(c5)-c5ccccc5C6(C)C)ccc3n4-c3ccncc3)ccc21. The van der Waals surface area contributed by atoms with E-state index in [1.54, 1.807) is 0 Å². The molecule has 0 saturated heterocycles. The highest BCUT2D eigenvalue weighted by atomic mass is 15.0. The Morgan fingerprint density at radius 2 is 0.700 bits per heavy atom. The van der Waals surface area contributed by atoms with E-state index in [2.05, 4.69) is 217 Å². The van der Waals surface area contributed by atoms with Gasteiger partial charge in [-0.3, -0.25) is 9.97 Å². The molecule has 0 bridgehead atoms. The van der Waals surface area contributed by atoms with Gasteiger partial charge in [0.25, 0.3) is 0 Å². The molecule has 15 rings (SSSR count). The highest BCUT2D eigenvalue weighted by Crippen LogP contribution is 2.52. The third-order valence-corrected chi connectivity index (χ3v) is 16.6. The Labute approximate surface area is 407 Å². The van der Waals surface area contributed by atoms with Crippen molar-refractivity contribution in [1.29, 1.82) is 0 Å². The van der Waals surface area contributed by atoms with E-state index in [-0.39, 0.29) is 10.8 Å². The minimum atomic E-state index is -0.0239. The van der Waals surface area contributed by atoms with E-state index in [4.69, 9.17) is 0 Å². The van der Waals surface area contributed by atoms with Crippen LogP contribution in [0.4, 0.5) is 0 Å². The molecule has 4 nitrogen and oxygen atoms in total. The minimum Gasteiger partial charge on any atom is -0.309 e. The van der Waals surface area contributed by atoms with E-state index < -0.39 is 0 Å². The van der Waals surface area contributed by atoms with Crippen molar-refractivity contribution in [3.8, 4) is 67.0 Å². The zero-order chi connectivity index (χ0) is 46.6. The van der Waals surface area contributed by atoms with Crippen LogP contribution in [0.5, 0.6) is 0 Å². The Morgan fingerprint density at radius 3 is 1.14 bits per heavy atom. The molecule has 3 aliphatic rings. The third-order valence-electron chi connectivity index (χ3n) is 16.6. The number of fused-ring (bicyclic) bond motifs is 15. The first-order valence-electron chi connectivity index (χ1n) is 24.7. The predicted octanol–water partition coefficient (Wildman–Crippen LogP) is 16.4. The van der Waals surface area contributed by atoms with Gasteiger partial charge in [-0.15, -0.1) is 0 Å². The summed E-state index contributed by atoms with van der Waals surface area (Å²) >= 11 is 0. The second-order valence-electron chi connectivity index (χ2n) is 21.0. The molecule has 0 radical (unpaired) electrons. The maximum absolute atomic E-state index is 4.43. The van der Waals surface area contributed by atoms with Gasteiger partial charge in [-0.1, -0.05) is 113 Å². The van der Waals surface area contributed by atoms with Gasteiger partial charge in [0.15, 0.2) is 0 Å². The number of pyridine rings is 2. The second kappa shape index (κ2) is 14.1. The molecule has 8 aromatic carbocycles. The van der Waals surface area contributed by atoms with E-state index >= 15 is 0 Å². The molecule has 0 saturated carbocycles. The summed E-state index contributed by atoms with van der Waals surface area (Å²) in [6.07, 6.45) is 9.58. The molecular formula is C66H48N4. The van der Waals surface area contributed by atoms with Crippen LogP contribution in [0.2, 0.25) is 0 Å². The van der Waals surface area contributed by atoms with Crippen LogP contribution in [0, 0.1) is 0 Å². The van der Waals surface area contributed by atoms with Crippen molar-refractivity contribution in [1.82, 2.24) is 19.1 Å². The van der Waals surface area contributed by atoms with Crippen molar-refractivity contribution in [3.63, 3.8) is 0 Å². The van der Waals surface area contributed by atoms with Crippen LogP contribution in [0.3, 0.4) is 0 Å². The maximum Gasteiger partial charge on any atom is 0.0547 e. The number of aromatic nitrogens is 4. The summed E-state index contributed by atoms with van der Waals surface area (Å²) in [5.74, 6) is 0. The number of rotatable bonds is 4. The first-order chi connectivity index (χ1) is 34.2. The van der Waals surface area contributed by atoms with Gasteiger partial charge in [0.05, 0.1) is 22.1 Å². The summed E-state index contributed by atoms with van der Waals surface area (Å²) in [5.41, 5.74) is 28.3. The van der Waals surface area contributed by atoms with E-state index in [0.717, 1.165) is 24.2 Å². The Bertz CT molecular complexity index is 3950. The Kier molecular flexibility index (Phi) is 7.99. The smallest absolute Gasteiger partial charge is 0.0547 e. The summed E-state index contributed by atoms with van der Waals surface area (Å²) in [7, 11) is 0. The number of nitrogens with zero attached hydrogens (tertiary/aromatic N) is 4. The number of benzene rings is 8. The van der Waals surface area contributed by atoms with Gasteiger partial charge >= 0.3 is 0 Å². The van der Waals surface area contributed by atoms with Crippen LogP contribution < -0.4 is 0 Å². The molecular weight excluding hydrogens is 849 g/mol. The summed E-state index contributed by atoms with van der Waals surface area (Å²) < 4.78 is 4.89. The minimum absolute atomic E-state index is 0.0239. The number of aryl methyl sites for hydroxylation is 2. The summed E-state index contributed by atoms with van der Waals surface area (Å²) in [5, 5.41) is 5.09. The molecule has 0 atom stereocenters. The van der Waals surface area contributed by atoms with Crippen molar-refractivity contribution < 1.29 is 0 Å². The predicted molar refractivity (Wildman–Crippen MR) is 290 cm³/mol. The fraction of sp³-hybridized carbons (Fsp3) is 0.121. The average molecular weight is 897 g/mol. The normalized spacial score (nSPS) is 14.7. The van der Waals surface area contributed by atoms with Gasteiger partial charge in [-0.05, 0) is 187 Å². The van der Waals surface area contributed by atoms with Gasteiger partial charge in [-0.25, -0.2) is 0 Å².